The lowest BCUT2D eigenvalue weighted by Crippen LogP contribution is -2.45. The Morgan fingerprint density at radius 3 is 2.59 bits per heavy atom. The highest BCUT2D eigenvalue weighted by Gasteiger charge is 2.28. The van der Waals surface area contributed by atoms with Crippen molar-refractivity contribution in [2.45, 2.75) is 32.7 Å². The lowest BCUT2D eigenvalue weighted by Gasteiger charge is -2.34. The Hall–Kier alpha value is -3.76. The van der Waals surface area contributed by atoms with Gasteiger partial charge in [0.2, 0.25) is 11.6 Å². The number of aromatic nitrogens is 1. The lowest BCUT2D eigenvalue weighted by molar-refractivity contribution is -0.00639. The van der Waals surface area contributed by atoms with Crippen LogP contribution in [0.25, 0.3) is 22.4 Å². The maximum atomic E-state index is 9.55. The molecule has 5 rings (SSSR count). The number of nitriles is 1. The first-order valence-electron chi connectivity index (χ1n) is 10.6. The summed E-state index contributed by atoms with van der Waals surface area (Å²) < 4.78 is 23.5. The van der Waals surface area contributed by atoms with Crippen LogP contribution in [0.3, 0.4) is 0 Å². The van der Waals surface area contributed by atoms with Gasteiger partial charge in [0.25, 0.3) is 5.89 Å². The molecule has 2 aromatic carbocycles. The molecule has 0 saturated carbocycles. The van der Waals surface area contributed by atoms with E-state index in [0.717, 1.165) is 16.5 Å². The first-order chi connectivity index (χ1) is 15.6. The van der Waals surface area contributed by atoms with Crippen molar-refractivity contribution in [3.05, 3.63) is 66.1 Å². The zero-order valence-electron chi connectivity index (χ0n) is 17.9. The van der Waals surface area contributed by atoms with Crippen LogP contribution in [0.5, 0.6) is 5.75 Å². The van der Waals surface area contributed by atoms with Gasteiger partial charge in [0, 0.05) is 13.1 Å². The quantitative estimate of drug-likeness (QED) is 0.434. The minimum atomic E-state index is 0.0429. The van der Waals surface area contributed by atoms with Crippen LogP contribution < -0.4 is 9.64 Å². The topological polar surface area (TPSA) is 84.7 Å². The van der Waals surface area contributed by atoms with Crippen LogP contribution in [-0.4, -0.2) is 30.3 Å². The molecule has 2 atom stereocenters. The Morgan fingerprint density at radius 2 is 1.81 bits per heavy atom. The van der Waals surface area contributed by atoms with E-state index in [0.29, 0.717) is 30.5 Å². The normalized spacial score (nSPS) is 18.6. The Kier molecular flexibility index (Phi) is 5.29. The minimum Gasteiger partial charge on any atom is -0.486 e. The van der Waals surface area contributed by atoms with E-state index in [4.69, 9.17) is 18.3 Å². The Bertz CT molecular complexity index is 1280. The highest BCUT2D eigenvalue weighted by molar-refractivity contribution is 5.83. The summed E-state index contributed by atoms with van der Waals surface area (Å²) in [4.78, 5) is 6.35. The number of furan rings is 1. The van der Waals surface area contributed by atoms with E-state index in [-0.39, 0.29) is 30.4 Å². The average Bonchev–Trinajstić information content (AvgIpc) is 3.44. The van der Waals surface area contributed by atoms with E-state index in [9.17, 15) is 5.26 Å². The van der Waals surface area contributed by atoms with Gasteiger partial charge in [-0.05, 0) is 48.9 Å². The Labute approximate surface area is 185 Å². The van der Waals surface area contributed by atoms with Gasteiger partial charge in [-0.25, -0.2) is 0 Å². The molecule has 0 amide bonds. The number of hydrogen-bond donors (Lipinski definition) is 0. The molecule has 0 radical (unpaired) electrons. The van der Waals surface area contributed by atoms with Crippen LogP contribution in [0.15, 0.2) is 63.4 Å². The summed E-state index contributed by atoms with van der Waals surface area (Å²) >= 11 is 0. The van der Waals surface area contributed by atoms with Gasteiger partial charge in [-0.1, -0.05) is 30.3 Å². The summed E-state index contributed by atoms with van der Waals surface area (Å²) in [6, 6.07) is 19.8. The molecule has 2 aromatic heterocycles. The fraction of sp³-hybridized carbons (Fsp3) is 0.280. The molecule has 0 N–H and O–H groups in total. The third-order valence-corrected chi connectivity index (χ3v) is 5.40. The van der Waals surface area contributed by atoms with Crippen molar-refractivity contribution in [3.63, 3.8) is 0 Å². The van der Waals surface area contributed by atoms with Crippen molar-refractivity contribution >= 4 is 16.7 Å². The lowest BCUT2D eigenvalue weighted by atomic mass is 10.1. The molecule has 32 heavy (non-hydrogen) atoms. The molecule has 0 aliphatic carbocycles. The smallest absolute Gasteiger partial charge is 0.266 e. The van der Waals surface area contributed by atoms with E-state index in [1.807, 2.05) is 55.1 Å². The van der Waals surface area contributed by atoms with Gasteiger partial charge >= 0.3 is 0 Å². The van der Waals surface area contributed by atoms with Crippen LogP contribution in [0.1, 0.15) is 25.3 Å². The number of anilines is 1. The predicted molar refractivity (Wildman–Crippen MR) is 119 cm³/mol. The van der Waals surface area contributed by atoms with Crippen LogP contribution in [0, 0.1) is 11.3 Å². The maximum absolute atomic E-state index is 9.55. The zero-order chi connectivity index (χ0) is 22.1. The summed E-state index contributed by atoms with van der Waals surface area (Å²) in [5, 5.41) is 11.8. The SMILES string of the molecule is C[C@@H]1CN(c2oc(-c3ccc(COc4ccc5ccccc5c4)o3)nc2C#N)C[C@H](C)O1. The first kappa shape index (κ1) is 20.2. The van der Waals surface area contributed by atoms with Crippen LogP contribution in [0.4, 0.5) is 5.88 Å². The van der Waals surface area contributed by atoms with Gasteiger partial charge in [-0.3, -0.25) is 0 Å². The van der Waals surface area contributed by atoms with Gasteiger partial charge < -0.3 is 23.2 Å². The molecule has 0 unspecified atom stereocenters. The minimum absolute atomic E-state index is 0.0429. The number of benzene rings is 2. The van der Waals surface area contributed by atoms with Crippen LogP contribution in [-0.2, 0) is 11.3 Å². The van der Waals surface area contributed by atoms with Crippen LogP contribution in [0.2, 0.25) is 0 Å². The highest BCUT2D eigenvalue weighted by Crippen LogP contribution is 2.31. The molecule has 1 saturated heterocycles. The molecule has 162 valence electrons. The summed E-state index contributed by atoms with van der Waals surface area (Å²) in [6.45, 7) is 5.55. The fourth-order valence-corrected chi connectivity index (χ4v) is 4.03. The summed E-state index contributed by atoms with van der Waals surface area (Å²) in [6.07, 6.45) is 0.0858. The molecule has 1 fully saturated rings. The summed E-state index contributed by atoms with van der Waals surface area (Å²) in [5.41, 5.74) is 0.242. The second-order valence-corrected chi connectivity index (χ2v) is 8.01. The van der Waals surface area contributed by atoms with Crippen molar-refractivity contribution in [2.75, 3.05) is 18.0 Å². The molecule has 4 aromatic rings. The molecule has 1 aliphatic rings. The predicted octanol–water partition coefficient (Wildman–Crippen LogP) is 5.15. The number of morpholine rings is 1. The number of fused-ring (bicyclic) bond motifs is 1. The van der Waals surface area contributed by atoms with Crippen molar-refractivity contribution in [1.82, 2.24) is 4.98 Å². The van der Waals surface area contributed by atoms with E-state index in [1.165, 1.54) is 0 Å². The number of oxazole rings is 1. The summed E-state index contributed by atoms with van der Waals surface area (Å²) in [5.74, 6) is 2.59. The van der Waals surface area contributed by atoms with E-state index >= 15 is 0 Å². The van der Waals surface area contributed by atoms with E-state index in [2.05, 4.69) is 23.2 Å². The monoisotopic (exact) mass is 429 g/mol. The third-order valence-electron chi connectivity index (χ3n) is 5.40. The maximum Gasteiger partial charge on any atom is 0.266 e. The van der Waals surface area contributed by atoms with Gasteiger partial charge in [0.15, 0.2) is 5.76 Å². The van der Waals surface area contributed by atoms with E-state index < -0.39 is 0 Å². The number of nitrogens with zero attached hydrogens (tertiary/aromatic N) is 3. The number of ether oxygens (including phenoxy) is 2. The van der Waals surface area contributed by atoms with Gasteiger partial charge in [0.05, 0.1) is 12.2 Å². The van der Waals surface area contributed by atoms with Gasteiger partial charge in [-0.15, -0.1) is 0 Å². The largest absolute Gasteiger partial charge is 0.486 e. The van der Waals surface area contributed by atoms with E-state index in [1.54, 1.807) is 6.07 Å². The van der Waals surface area contributed by atoms with Gasteiger partial charge in [-0.2, -0.15) is 10.2 Å². The summed E-state index contributed by atoms with van der Waals surface area (Å²) in [7, 11) is 0. The molecular weight excluding hydrogens is 406 g/mol. The standard InChI is InChI=1S/C25H23N3O4/c1-16-13-28(14-17(2)30-16)25-22(12-26)27-24(32-25)23-10-9-21(31-23)15-29-20-8-7-18-5-3-4-6-19(18)11-20/h3-11,16-17H,13-15H2,1-2H3/t16-,17+. The average molecular weight is 429 g/mol. The number of rotatable bonds is 5. The van der Waals surface area contributed by atoms with Crippen LogP contribution >= 0.6 is 0 Å². The van der Waals surface area contributed by atoms with Crippen molar-refractivity contribution in [3.8, 4) is 23.5 Å². The first-order valence-corrected chi connectivity index (χ1v) is 10.6. The number of hydrogen-bond acceptors (Lipinski definition) is 7. The van der Waals surface area contributed by atoms with Crippen molar-refractivity contribution < 1.29 is 18.3 Å². The molecule has 0 spiro atoms. The van der Waals surface area contributed by atoms with Gasteiger partial charge in [0.1, 0.15) is 24.2 Å². The molecule has 7 heteroatoms. The zero-order valence-corrected chi connectivity index (χ0v) is 17.9. The molecule has 3 heterocycles. The Morgan fingerprint density at radius 1 is 1.03 bits per heavy atom. The molecule has 0 bridgehead atoms. The third kappa shape index (κ3) is 4.05. The molecule has 1 aliphatic heterocycles. The van der Waals surface area contributed by atoms with Crippen molar-refractivity contribution in [1.29, 1.82) is 5.26 Å². The van der Waals surface area contributed by atoms with Crippen molar-refractivity contribution in [2.24, 2.45) is 0 Å². The molecular formula is C25H23N3O4. The molecule has 7 nitrogen and oxygen atoms in total. The highest BCUT2D eigenvalue weighted by atomic mass is 16.5. The second kappa shape index (κ2) is 8.40. The Balaban J connectivity index is 1.32. The second-order valence-electron chi connectivity index (χ2n) is 8.01. The fourth-order valence-electron chi connectivity index (χ4n) is 4.03.